The molecule has 0 saturated heterocycles. The maximum atomic E-state index is 12.3. The van der Waals surface area contributed by atoms with E-state index in [0.717, 1.165) is 0 Å². The van der Waals surface area contributed by atoms with Crippen LogP contribution in [0.3, 0.4) is 0 Å². The number of fused-ring (bicyclic) bond motifs is 1. The molecular weight excluding hydrogens is 496 g/mol. The molecule has 3 amide bonds. The van der Waals surface area contributed by atoms with E-state index in [1.54, 1.807) is 12.1 Å². The van der Waals surface area contributed by atoms with Gasteiger partial charge in [0, 0.05) is 23.8 Å². The van der Waals surface area contributed by atoms with Crippen molar-refractivity contribution in [3.05, 3.63) is 29.8 Å². The second-order valence-corrected chi connectivity index (χ2v) is 7.51. The largest absolute Gasteiger partial charge is 1.00 e. The van der Waals surface area contributed by atoms with E-state index in [9.17, 15) is 34.2 Å². The number of hydrogen-bond donors (Lipinski definition) is 4. The number of carbonyl (C=O) groups is 5. The van der Waals surface area contributed by atoms with Crippen LogP contribution in [0.5, 0.6) is 0 Å². The second kappa shape index (κ2) is 14.3. The number of nitrogens with two attached hydrogens (primary N) is 1. The summed E-state index contributed by atoms with van der Waals surface area (Å²) in [6, 6.07) is 3.07. The number of amides is 3. The van der Waals surface area contributed by atoms with Gasteiger partial charge in [0.15, 0.2) is 11.9 Å². The van der Waals surface area contributed by atoms with Crippen molar-refractivity contribution >= 4 is 47.6 Å². The molecule has 0 fully saturated rings. The van der Waals surface area contributed by atoms with Crippen molar-refractivity contribution in [1.82, 2.24) is 15.5 Å². The number of carboxylic acids is 2. The van der Waals surface area contributed by atoms with E-state index < -0.39 is 48.3 Å². The van der Waals surface area contributed by atoms with Crippen molar-refractivity contribution in [2.24, 2.45) is 15.7 Å². The van der Waals surface area contributed by atoms with Gasteiger partial charge in [-0.1, -0.05) is 0 Å². The molecule has 14 nitrogen and oxygen atoms in total. The molecule has 0 saturated carbocycles. The van der Waals surface area contributed by atoms with Crippen LogP contribution < -0.4 is 91.0 Å². The number of aliphatic carboxylic acids is 2. The van der Waals surface area contributed by atoms with E-state index in [2.05, 4.69) is 25.9 Å². The fraction of sp³-hybridized carbons (Fsp3) is 0.350. The summed E-state index contributed by atoms with van der Waals surface area (Å²) in [4.78, 5) is 67.3. The molecule has 1 aromatic rings. The normalized spacial score (nSPS) is 19.0. The molecule has 36 heavy (non-hydrogen) atoms. The summed E-state index contributed by atoms with van der Waals surface area (Å²) < 4.78 is 0. The van der Waals surface area contributed by atoms with Crippen LogP contribution in [-0.4, -0.2) is 78.1 Å². The number of rotatable bonds is 10. The summed E-state index contributed by atoms with van der Waals surface area (Å²) in [5, 5.41) is 29.3. The van der Waals surface area contributed by atoms with Crippen LogP contribution in [0.4, 0.5) is 5.69 Å². The maximum absolute atomic E-state index is 12.3. The minimum absolute atomic E-state index is 0. The second-order valence-electron chi connectivity index (χ2n) is 7.51. The molecule has 2 aliphatic rings. The molecule has 0 bridgehead atoms. The molecule has 3 rings (SSSR count). The molecule has 2 unspecified atom stereocenters. The maximum Gasteiger partial charge on any atom is 1.00 e. The van der Waals surface area contributed by atoms with Gasteiger partial charge in [-0.3, -0.25) is 24.7 Å². The minimum atomic E-state index is -1.61. The van der Waals surface area contributed by atoms with Crippen molar-refractivity contribution in [2.45, 2.75) is 31.0 Å². The van der Waals surface area contributed by atoms with Crippen molar-refractivity contribution in [2.75, 3.05) is 18.4 Å². The van der Waals surface area contributed by atoms with Crippen LogP contribution in [0, 0.1) is 0 Å². The first-order chi connectivity index (χ1) is 16.2. The van der Waals surface area contributed by atoms with Crippen LogP contribution in [0.25, 0.3) is 0 Å². The Kier molecular flexibility index (Phi) is 12.5. The van der Waals surface area contributed by atoms with Gasteiger partial charge < -0.3 is 41.1 Å². The Morgan fingerprint density at radius 1 is 1.22 bits per heavy atom. The summed E-state index contributed by atoms with van der Waals surface area (Å²) in [6.07, 6.45) is -0.371. The summed E-state index contributed by atoms with van der Waals surface area (Å²) in [6.45, 7) is 0.429. The van der Waals surface area contributed by atoms with Gasteiger partial charge in [-0.2, -0.15) is 4.99 Å². The number of anilines is 1. The smallest absolute Gasteiger partial charge is 0.550 e. The first-order valence-electron chi connectivity index (χ1n) is 10.2. The van der Waals surface area contributed by atoms with Crippen LogP contribution in [-0.2, 0) is 19.2 Å². The van der Waals surface area contributed by atoms with Crippen molar-refractivity contribution in [3.8, 4) is 0 Å². The van der Waals surface area contributed by atoms with Crippen LogP contribution in [0.2, 0.25) is 0 Å². The number of guanidine groups is 1. The molecule has 16 heteroatoms. The molecule has 0 radical (unpaired) electrons. The molecular formula is C20H21N7Na2O7. The summed E-state index contributed by atoms with van der Waals surface area (Å²) in [5.74, 6) is -4.20. The molecule has 2 heterocycles. The predicted octanol–water partition coefficient (Wildman–Crippen LogP) is -10.5. The summed E-state index contributed by atoms with van der Waals surface area (Å²) >= 11 is 0. The van der Waals surface area contributed by atoms with Gasteiger partial charge in [0.25, 0.3) is 11.8 Å². The number of nitrogens with one attached hydrogen (secondary N) is 3. The fourth-order valence-corrected chi connectivity index (χ4v) is 3.46. The van der Waals surface area contributed by atoms with E-state index in [4.69, 9.17) is 5.73 Å². The third-order valence-corrected chi connectivity index (χ3v) is 5.20. The van der Waals surface area contributed by atoms with E-state index in [0.29, 0.717) is 12.1 Å². The molecule has 0 aliphatic carbocycles. The quantitative estimate of drug-likeness (QED) is 0.171. The third kappa shape index (κ3) is 8.01. The van der Waals surface area contributed by atoms with Gasteiger partial charge in [0.1, 0.15) is 0 Å². The number of carboxylic acid groups (broad SMARTS) is 2. The Hall–Kier alpha value is -2.49. The first-order valence-corrected chi connectivity index (χ1v) is 10.2. The average molecular weight is 517 g/mol. The van der Waals surface area contributed by atoms with E-state index >= 15 is 0 Å². The molecule has 3 atom stereocenters. The number of benzene rings is 1. The fourth-order valence-electron chi connectivity index (χ4n) is 3.46. The zero-order valence-electron chi connectivity index (χ0n) is 19.7. The molecule has 180 valence electrons. The Bertz CT molecular complexity index is 1060. The van der Waals surface area contributed by atoms with Gasteiger partial charge in [-0.15, -0.1) is 0 Å². The number of hydrogen-bond acceptors (Lipinski definition) is 11. The van der Waals surface area contributed by atoms with Crippen molar-refractivity contribution in [3.63, 3.8) is 0 Å². The zero-order valence-corrected chi connectivity index (χ0v) is 23.7. The average Bonchev–Trinajstić information content (AvgIpc) is 2.79. The SMILES string of the molecule is NC1=NC2=NCC(CNc3ccc(C(=O)N[C@@H](CCC(=O)[O-])C(=O)[O-])cc3)N(C=O)C2C(=O)N1.[Na+].[Na+]. The topological polar surface area (TPSA) is 222 Å². The number of nitrogens with zero attached hydrogens (tertiary/aromatic N) is 3. The van der Waals surface area contributed by atoms with Crippen LogP contribution >= 0.6 is 0 Å². The van der Waals surface area contributed by atoms with Gasteiger partial charge in [-0.05, 0) is 37.1 Å². The predicted molar refractivity (Wildman–Crippen MR) is 113 cm³/mol. The number of amidine groups is 1. The van der Waals surface area contributed by atoms with Gasteiger partial charge in [0.05, 0.1) is 24.6 Å². The zero-order chi connectivity index (χ0) is 24.8. The number of carbonyl (C=O) groups excluding carboxylic acids is 5. The Morgan fingerprint density at radius 3 is 2.47 bits per heavy atom. The van der Waals surface area contributed by atoms with E-state index in [1.807, 2.05) is 0 Å². The number of aliphatic imine (C=N–C) groups is 2. The molecule has 1 aromatic carbocycles. The molecule has 2 aliphatic heterocycles. The van der Waals surface area contributed by atoms with E-state index in [1.165, 1.54) is 17.0 Å². The Morgan fingerprint density at radius 2 is 1.89 bits per heavy atom. The summed E-state index contributed by atoms with van der Waals surface area (Å²) in [7, 11) is 0. The van der Waals surface area contributed by atoms with Crippen molar-refractivity contribution in [1.29, 1.82) is 0 Å². The third-order valence-electron chi connectivity index (χ3n) is 5.20. The Balaban J connectivity index is 0.00000324. The molecule has 5 N–H and O–H groups in total. The standard InChI is InChI=1S/C20H23N7O7.2Na/c21-20-25-16-15(18(32)26-20)27(9-28)12(8-23-16)7-22-11-3-1-10(2-4-11)17(31)24-13(19(33)34)5-6-14(29)30;;/h1-4,9,12-13,15,22H,5-8H2,(H,24,31)(H,29,30)(H,33,34)(H3,21,23,25,26,32);;/q;2*+1/p-2/t12?,13-,15?;;/m0../s1. The van der Waals surface area contributed by atoms with Crippen molar-refractivity contribution < 1.29 is 93.3 Å². The van der Waals surface area contributed by atoms with Gasteiger partial charge in [-0.25, -0.2) is 0 Å². The van der Waals surface area contributed by atoms with Gasteiger partial charge in [0.2, 0.25) is 12.4 Å². The minimum Gasteiger partial charge on any atom is -0.550 e. The molecule has 0 aromatic heterocycles. The van der Waals surface area contributed by atoms with Crippen LogP contribution in [0.1, 0.15) is 23.2 Å². The Labute approximate surface area is 249 Å². The monoisotopic (exact) mass is 517 g/mol. The molecule has 0 spiro atoms. The van der Waals surface area contributed by atoms with E-state index in [-0.39, 0.29) is 96.0 Å². The first kappa shape index (κ1) is 31.5. The van der Waals surface area contributed by atoms with Crippen LogP contribution in [0.15, 0.2) is 34.3 Å². The summed E-state index contributed by atoms with van der Waals surface area (Å²) in [5.41, 5.74) is 6.25. The van der Waals surface area contributed by atoms with Gasteiger partial charge >= 0.3 is 59.1 Å².